The van der Waals surface area contributed by atoms with Crippen LogP contribution in [-0.2, 0) is 14.9 Å². The third kappa shape index (κ3) is 5.54. The Labute approximate surface area is 169 Å². The Bertz CT molecular complexity index is 1060. The predicted octanol–water partition coefficient (Wildman–Crippen LogP) is 2.09. The molecule has 160 valence electrons. The predicted molar refractivity (Wildman–Crippen MR) is 95.7 cm³/mol. The molecule has 0 aliphatic carbocycles. The lowest BCUT2D eigenvalue weighted by molar-refractivity contribution is -0.307. The number of nitriles is 1. The maximum Gasteiger partial charge on any atom is 0.534 e. The molecule has 0 aromatic heterocycles. The van der Waals surface area contributed by atoms with Crippen LogP contribution in [0.15, 0.2) is 42.5 Å². The van der Waals surface area contributed by atoms with Crippen LogP contribution in [0.5, 0.6) is 11.5 Å². The molecule has 0 fully saturated rings. The summed E-state index contributed by atoms with van der Waals surface area (Å²) in [7, 11) is -5.98. The third-order valence-electron chi connectivity index (χ3n) is 3.60. The van der Waals surface area contributed by atoms with E-state index in [1.54, 1.807) is 6.92 Å². The molecule has 2 aromatic rings. The standard InChI is InChI=1S/C18H15F3N2O6S/c1-2-28-14-7-12(8-15(9-14)29-30(26,27)18(19,20)21)16(17(24)25)23-13-5-3-11(10-22)4-6-13/h3-9,16,23H,2H2,1H3,(H,24,25)/p-1. The second kappa shape index (κ2) is 8.91. The number of nitrogens with one attached hydrogen (secondary N) is 1. The van der Waals surface area contributed by atoms with Gasteiger partial charge in [0, 0.05) is 11.8 Å². The van der Waals surface area contributed by atoms with Crippen LogP contribution in [0.3, 0.4) is 0 Å². The lowest BCUT2D eigenvalue weighted by Crippen LogP contribution is -2.34. The Balaban J connectivity index is 2.45. The quantitative estimate of drug-likeness (QED) is 0.485. The van der Waals surface area contributed by atoms with Crippen LogP contribution in [0.4, 0.5) is 18.9 Å². The fraction of sp³-hybridized carbons (Fsp3) is 0.222. The van der Waals surface area contributed by atoms with Crippen LogP contribution in [0.2, 0.25) is 0 Å². The number of anilines is 1. The first-order valence-corrected chi connectivity index (χ1v) is 9.63. The molecule has 0 heterocycles. The van der Waals surface area contributed by atoms with E-state index in [1.165, 1.54) is 30.3 Å². The summed E-state index contributed by atoms with van der Waals surface area (Å²) in [6.45, 7) is 1.62. The van der Waals surface area contributed by atoms with Gasteiger partial charge in [-0.2, -0.15) is 26.9 Å². The minimum atomic E-state index is -5.98. The SMILES string of the molecule is CCOc1cc(OS(=O)(=O)C(F)(F)F)cc(C(Nc2ccc(C#N)cc2)C(=O)[O-])c1. The van der Waals surface area contributed by atoms with Gasteiger partial charge in [0.15, 0.2) is 0 Å². The molecule has 1 atom stereocenters. The number of alkyl halides is 3. The fourth-order valence-corrected chi connectivity index (χ4v) is 2.76. The van der Waals surface area contributed by atoms with E-state index in [4.69, 9.17) is 10.00 Å². The number of benzene rings is 2. The highest BCUT2D eigenvalue weighted by Gasteiger charge is 2.48. The minimum Gasteiger partial charge on any atom is -0.548 e. The van der Waals surface area contributed by atoms with Crippen LogP contribution in [-0.4, -0.2) is 26.5 Å². The maximum atomic E-state index is 12.6. The van der Waals surface area contributed by atoms with Crippen molar-refractivity contribution in [3.8, 4) is 17.6 Å². The van der Waals surface area contributed by atoms with Gasteiger partial charge in [-0.25, -0.2) is 0 Å². The number of rotatable bonds is 8. The topological polar surface area (TPSA) is 129 Å². The number of aliphatic carboxylic acids is 1. The van der Waals surface area contributed by atoms with Gasteiger partial charge in [0.05, 0.1) is 30.3 Å². The average Bonchev–Trinajstić information content (AvgIpc) is 2.65. The number of carboxylic acid groups (broad SMARTS) is 1. The number of ether oxygens (including phenoxy) is 1. The van der Waals surface area contributed by atoms with Crippen LogP contribution < -0.4 is 19.3 Å². The normalized spacial score (nSPS) is 12.5. The Morgan fingerprint density at radius 3 is 2.30 bits per heavy atom. The lowest BCUT2D eigenvalue weighted by atomic mass is 10.1. The summed E-state index contributed by atoms with van der Waals surface area (Å²) < 4.78 is 69.7. The van der Waals surface area contributed by atoms with Crippen LogP contribution in [0.1, 0.15) is 24.1 Å². The van der Waals surface area contributed by atoms with Crippen LogP contribution in [0, 0.1) is 11.3 Å². The molecule has 0 radical (unpaired) electrons. The highest BCUT2D eigenvalue weighted by atomic mass is 32.2. The Morgan fingerprint density at radius 2 is 1.80 bits per heavy atom. The highest BCUT2D eigenvalue weighted by molar-refractivity contribution is 7.88. The van der Waals surface area contributed by atoms with E-state index < -0.39 is 33.4 Å². The van der Waals surface area contributed by atoms with Gasteiger partial charge < -0.3 is 24.1 Å². The van der Waals surface area contributed by atoms with E-state index in [2.05, 4.69) is 9.50 Å². The van der Waals surface area contributed by atoms with Crippen molar-refractivity contribution in [3.63, 3.8) is 0 Å². The Kier molecular flexibility index (Phi) is 6.78. The highest BCUT2D eigenvalue weighted by Crippen LogP contribution is 2.32. The molecule has 30 heavy (non-hydrogen) atoms. The summed E-state index contributed by atoms with van der Waals surface area (Å²) in [6.07, 6.45) is 0. The summed E-state index contributed by atoms with van der Waals surface area (Å²) in [5.41, 5.74) is -5.28. The molecule has 0 saturated heterocycles. The van der Waals surface area contributed by atoms with Gasteiger partial charge in [-0.3, -0.25) is 0 Å². The van der Waals surface area contributed by atoms with Gasteiger partial charge in [-0.05, 0) is 48.9 Å². The zero-order valence-electron chi connectivity index (χ0n) is 15.3. The summed E-state index contributed by atoms with van der Waals surface area (Å²) in [6, 6.07) is 8.80. The third-order valence-corrected chi connectivity index (χ3v) is 4.58. The zero-order valence-corrected chi connectivity index (χ0v) is 16.1. The van der Waals surface area contributed by atoms with E-state index in [-0.39, 0.29) is 23.6 Å². The molecular weight excluding hydrogens is 429 g/mol. The minimum absolute atomic E-state index is 0.0634. The summed E-state index contributed by atoms with van der Waals surface area (Å²) in [4.78, 5) is 11.6. The average molecular weight is 443 g/mol. The first-order chi connectivity index (χ1) is 14.0. The number of hydrogen-bond donors (Lipinski definition) is 1. The van der Waals surface area contributed by atoms with Crippen molar-refractivity contribution in [1.29, 1.82) is 5.26 Å². The molecule has 12 heteroatoms. The summed E-state index contributed by atoms with van der Waals surface area (Å²) in [5, 5.41) is 23.0. The van der Waals surface area contributed by atoms with E-state index in [1.807, 2.05) is 6.07 Å². The van der Waals surface area contributed by atoms with Gasteiger partial charge in [0.1, 0.15) is 11.5 Å². The van der Waals surface area contributed by atoms with Gasteiger partial charge in [-0.1, -0.05) is 0 Å². The summed E-state index contributed by atoms with van der Waals surface area (Å²) >= 11 is 0. The van der Waals surface area contributed by atoms with Gasteiger partial charge >= 0.3 is 15.6 Å². The summed E-state index contributed by atoms with van der Waals surface area (Å²) in [5.74, 6) is -2.56. The molecule has 0 bridgehead atoms. The van der Waals surface area contributed by atoms with Gasteiger partial charge in [-0.15, -0.1) is 0 Å². The molecule has 0 amide bonds. The number of nitrogens with zero attached hydrogens (tertiary/aromatic N) is 1. The molecule has 8 nitrogen and oxygen atoms in total. The van der Waals surface area contributed by atoms with Crippen molar-refractivity contribution in [2.45, 2.75) is 18.5 Å². The number of hydrogen-bond acceptors (Lipinski definition) is 8. The fourth-order valence-electron chi connectivity index (χ4n) is 2.32. The van der Waals surface area contributed by atoms with E-state index in [9.17, 15) is 31.5 Å². The van der Waals surface area contributed by atoms with E-state index in [0.29, 0.717) is 5.56 Å². The monoisotopic (exact) mass is 443 g/mol. The first kappa shape index (κ1) is 22.8. The molecule has 0 spiro atoms. The van der Waals surface area contributed by atoms with Crippen molar-refractivity contribution in [2.24, 2.45) is 0 Å². The smallest absolute Gasteiger partial charge is 0.534 e. The van der Waals surface area contributed by atoms with Crippen molar-refractivity contribution < 1.29 is 40.4 Å². The zero-order chi connectivity index (χ0) is 22.5. The molecule has 0 aliphatic heterocycles. The Hall–Kier alpha value is -3.46. The van der Waals surface area contributed by atoms with Crippen molar-refractivity contribution in [1.82, 2.24) is 0 Å². The second-order valence-corrected chi connectivity index (χ2v) is 7.28. The first-order valence-electron chi connectivity index (χ1n) is 8.23. The van der Waals surface area contributed by atoms with Crippen molar-refractivity contribution in [3.05, 3.63) is 53.6 Å². The van der Waals surface area contributed by atoms with Crippen molar-refractivity contribution in [2.75, 3.05) is 11.9 Å². The molecule has 1 unspecified atom stereocenters. The van der Waals surface area contributed by atoms with Crippen molar-refractivity contribution >= 4 is 21.8 Å². The largest absolute Gasteiger partial charge is 0.548 e. The molecule has 1 N–H and O–H groups in total. The second-order valence-electron chi connectivity index (χ2n) is 5.74. The number of carboxylic acids is 1. The van der Waals surface area contributed by atoms with E-state index >= 15 is 0 Å². The number of carbonyl (C=O) groups excluding carboxylic acids is 1. The Morgan fingerprint density at radius 1 is 1.20 bits per heavy atom. The van der Waals surface area contributed by atoms with Gasteiger partial charge in [0.25, 0.3) is 0 Å². The van der Waals surface area contributed by atoms with E-state index in [0.717, 1.165) is 12.1 Å². The molecule has 0 aliphatic rings. The van der Waals surface area contributed by atoms with Crippen LogP contribution >= 0.6 is 0 Å². The van der Waals surface area contributed by atoms with Gasteiger partial charge in [0.2, 0.25) is 0 Å². The van der Waals surface area contributed by atoms with Crippen LogP contribution in [0.25, 0.3) is 0 Å². The number of halogens is 3. The number of carbonyl (C=O) groups is 1. The lowest BCUT2D eigenvalue weighted by Gasteiger charge is -2.23. The molecular formula is C18H14F3N2O6S-. The molecule has 2 rings (SSSR count). The molecule has 2 aromatic carbocycles. The maximum absolute atomic E-state index is 12.6. The molecule has 0 saturated carbocycles.